The third-order valence-corrected chi connectivity index (χ3v) is 7.12. The third-order valence-electron chi connectivity index (χ3n) is 6.04. The Hall–Kier alpha value is -3.73. The average molecular weight is 558 g/mol. The molecule has 1 aromatic carbocycles. The van der Waals surface area contributed by atoms with Crippen LogP contribution in [0.1, 0.15) is 13.3 Å². The van der Waals surface area contributed by atoms with Crippen molar-refractivity contribution >= 4 is 52.2 Å². The minimum Gasteiger partial charge on any atom is -0.501 e. The second kappa shape index (κ2) is 11.8. The lowest BCUT2D eigenvalue weighted by atomic mass is 10.1. The lowest BCUT2D eigenvalue weighted by Gasteiger charge is -2.31. The zero-order chi connectivity index (χ0) is 27.3. The van der Waals surface area contributed by atoms with E-state index in [1.807, 2.05) is 54.0 Å². The molecule has 2 aromatic rings. The number of benzene rings is 1. The number of hydrogen-bond donors (Lipinski definition) is 2. The lowest BCUT2D eigenvalue weighted by Crippen LogP contribution is -2.40. The number of ether oxygens (including phenoxy) is 2. The van der Waals surface area contributed by atoms with Crippen molar-refractivity contribution in [2.75, 3.05) is 42.9 Å². The number of anilines is 4. The number of amides is 2. The number of methoxy groups -OCH3 is 2. The molecule has 0 saturated heterocycles. The normalized spacial score (nSPS) is 18.8. The van der Waals surface area contributed by atoms with Crippen molar-refractivity contribution in [3.63, 3.8) is 0 Å². The summed E-state index contributed by atoms with van der Waals surface area (Å²) in [5.41, 5.74) is 2.13. The Labute approximate surface area is 231 Å². The van der Waals surface area contributed by atoms with Crippen LogP contribution in [0, 0.1) is 0 Å². The molecule has 0 spiro atoms. The van der Waals surface area contributed by atoms with E-state index in [4.69, 9.17) is 32.7 Å². The Kier molecular flexibility index (Phi) is 8.45. The van der Waals surface area contributed by atoms with E-state index in [-0.39, 0.29) is 17.2 Å². The maximum atomic E-state index is 13.0. The first-order valence-electron chi connectivity index (χ1n) is 11.8. The van der Waals surface area contributed by atoms with E-state index in [0.29, 0.717) is 17.4 Å². The Morgan fingerprint density at radius 2 is 1.87 bits per heavy atom. The van der Waals surface area contributed by atoms with E-state index in [0.717, 1.165) is 17.9 Å². The summed E-state index contributed by atoms with van der Waals surface area (Å²) >= 11 is 12.9. The molecule has 0 fully saturated rings. The summed E-state index contributed by atoms with van der Waals surface area (Å²) in [4.78, 5) is 27.0. The zero-order valence-corrected chi connectivity index (χ0v) is 23.0. The molecule has 2 amide bonds. The van der Waals surface area contributed by atoms with Crippen LogP contribution >= 0.6 is 23.2 Å². The number of carbonyl (C=O) groups is 1. The fourth-order valence-electron chi connectivity index (χ4n) is 3.73. The van der Waals surface area contributed by atoms with Crippen molar-refractivity contribution in [1.29, 1.82) is 0 Å². The van der Waals surface area contributed by atoms with Crippen molar-refractivity contribution < 1.29 is 14.3 Å². The largest absolute Gasteiger partial charge is 0.501 e. The highest BCUT2D eigenvalue weighted by Gasteiger charge is 2.38. The zero-order valence-electron chi connectivity index (χ0n) is 21.5. The molecule has 1 atom stereocenters. The van der Waals surface area contributed by atoms with Crippen molar-refractivity contribution in [3.05, 3.63) is 84.0 Å². The van der Waals surface area contributed by atoms with Crippen molar-refractivity contribution in [2.24, 2.45) is 0 Å². The molecule has 4 rings (SSSR count). The van der Waals surface area contributed by atoms with Crippen LogP contribution in [0.5, 0.6) is 0 Å². The van der Waals surface area contributed by atoms with Gasteiger partial charge in [-0.3, -0.25) is 4.90 Å². The van der Waals surface area contributed by atoms with Crippen LogP contribution in [0.25, 0.3) is 0 Å². The molecule has 2 N–H and O–H groups in total. The topological polar surface area (TPSA) is 95.1 Å². The van der Waals surface area contributed by atoms with E-state index in [1.54, 1.807) is 19.2 Å². The number of nitrogens with one attached hydrogen (secondary N) is 2. The highest BCUT2D eigenvalue weighted by Crippen LogP contribution is 2.41. The van der Waals surface area contributed by atoms with E-state index < -0.39 is 11.1 Å². The molecule has 1 aliphatic heterocycles. The summed E-state index contributed by atoms with van der Waals surface area (Å²) in [5.74, 6) is 1.40. The number of alkyl halides is 1. The highest BCUT2D eigenvalue weighted by atomic mass is 35.5. The Morgan fingerprint density at radius 3 is 2.50 bits per heavy atom. The van der Waals surface area contributed by atoms with E-state index in [1.165, 1.54) is 25.4 Å². The Bertz CT molecular complexity index is 1280. The SMILES string of the molecule is CCN1C=CN(c2ccc(Nc3cc(N(C)C(=O)NC4=C(Cl)C(Cl)(OC)CC(OC)=C4)ncn3)cc2)C=C1. The van der Waals surface area contributed by atoms with E-state index in [9.17, 15) is 4.79 Å². The van der Waals surface area contributed by atoms with E-state index in [2.05, 4.69) is 32.4 Å². The van der Waals surface area contributed by atoms with Gasteiger partial charge < -0.3 is 29.9 Å². The maximum absolute atomic E-state index is 13.0. The fraction of sp³-hybridized carbons (Fsp3) is 0.269. The quantitative estimate of drug-likeness (QED) is 0.415. The van der Waals surface area contributed by atoms with Crippen LogP contribution in [0.2, 0.25) is 0 Å². The maximum Gasteiger partial charge on any atom is 0.327 e. The average Bonchev–Trinajstić information content (AvgIpc) is 2.95. The van der Waals surface area contributed by atoms with Gasteiger partial charge in [-0.15, -0.1) is 0 Å². The molecule has 12 heteroatoms. The molecule has 0 radical (unpaired) electrons. The van der Waals surface area contributed by atoms with Gasteiger partial charge in [-0.05, 0) is 31.2 Å². The number of allylic oxidation sites excluding steroid dienone is 1. The highest BCUT2D eigenvalue weighted by molar-refractivity contribution is 6.39. The first-order valence-corrected chi connectivity index (χ1v) is 12.6. The lowest BCUT2D eigenvalue weighted by molar-refractivity contribution is 0.0826. The molecule has 2 aliphatic rings. The van der Waals surface area contributed by atoms with Crippen LogP contribution in [0.3, 0.4) is 0 Å². The summed E-state index contributed by atoms with van der Waals surface area (Å²) in [7, 11) is 4.52. The standard InChI is InChI=1S/C26H29Cl2N7O3/c1-5-34-10-12-35(13-11-34)19-8-6-18(7-9-19)31-22-15-23(30-17-29-22)33(2)25(36)32-21-14-20(37-3)16-26(28,38-4)24(21)27/h6-15,17H,5,16H2,1-4H3,(H,32,36)(H,29,30,31). The summed E-state index contributed by atoms with van der Waals surface area (Å²) in [6.07, 6.45) is 11.3. The first-order chi connectivity index (χ1) is 18.3. The molecule has 1 unspecified atom stereocenters. The fourth-order valence-corrected chi connectivity index (χ4v) is 4.21. The van der Waals surface area contributed by atoms with E-state index >= 15 is 0 Å². The van der Waals surface area contributed by atoms with Crippen LogP contribution in [-0.2, 0) is 9.47 Å². The van der Waals surface area contributed by atoms with Crippen LogP contribution in [0.4, 0.5) is 27.8 Å². The predicted octanol–water partition coefficient (Wildman–Crippen LogP) is 5.42. The van der Waals surface area contributed by atoms with Gasteiger partial charge in [0.25, 0.3) is 0 Å². The van der Waals surface area contributed by atoms with Gasteiger partial charge in [0.15, 0.2) is 5.06 Å². The minimum atomic E-state index is -1.33. The molecule has 1 aromatic heterocycles. The molecular formula is C26H29Cl2N7O3. The Balaban J connectivity index is 1.43. The molecule has 0 bridgehead atoms. The summed E-state index contributed by atoms with van der Waals surface area (Å²) in [6.45, 7) is 3.01. The van der Waals surface area contributed by atoms with Gasteiger partial charge in [0.2, 0.25) is 0 Å². The Morgan fingerprint density at radius 1 is 1.16 bits per heavy atom. The first kappa shape index (κ1) is 27.3. The van der Waals surface area contributed by atoms with Crippen LogP contribution < -0.4 is 20.4 Å². The third kappa shape index (κ3) is 6.04. The monoisotopic (exact) mass is 557 g/mol. The second-order valence-electron chi connectivity index (χ2n) is 8.41. The van der Waals surface area contributed by atoms with Gasteiger partial charge in [-0.2, -0.15) is 0 Å². The smallest absolute Gasteiger partial charge is 0.327 e. The predicted molar refractivity (Wildman–Crippen MR) is 150 cm³/mol. The van der Waals surface area contributed by atoms with Crippen LogP contribution in [0.15, 0.2) is 84.0 Å². The van der Waals surface area contributed by atoms with Crippen molar-refractivity contribution in [2.45, 2.75) is 18.4 Å². The van der Waals surface area contributed by atoms with Gasteiger partial charge in [-0.1, -0.05) is 23.2 Å². The number of rotatable bonds is 8. The van der Waals surface area contributed by atoms with Gasteiger partial charge in [0.1, 0.15) is 23.7 Å². The number of urea groups is 1. The summed E-state index contributed by atoms with van der Waals surface area (Å²) in [5, 5.41) is 4.81. The summed E-state index contributed by atoms with van der Waals surface area (Å²) < 4.78 is 10.7. The molecular weight excluding hydrogens is 529 g/mol. The number of carbonyl (C=O) groups excluding carboxylic acids is 1. The number of halogens is 2. The minimum absolute atomic E-state index is 0.149. The summed E-state index contributed by atoms with van der Waals surface area (Å²) in [6, 6.07) is 9.08. The number of aromatic nitrogens is 2. The number of nitrogens with zero attached hydrogens (tertiary/aromatic N) is 5. The molecule has 200 valence electrons. The van der Waals surface area contributed by atoms with Crippen LogP contribution in [-0.4, -0.2) is 53.8 Å². The molecule has 1 aliphatic carbocycles. The van der Waals surface area contributed by atoms with Gasteiger partial charge in [-0.25, -0.2) is 14.8 Å². The van der Waals surface area contributed by atoms with Gasteiger partial charge in [0, 0.05) is 69.0 Å². The molecule has 38 heavy (non-hydrogen) atoms. The molecule has 0 saturated carbocycles. The van der Waals surface area contributed by atoms with Crippen molar-refractivity contribution in [1.82, 2.24) is 20.2 Å². The molecule has 2 heterocycles. The second-order valence-corrected chi connectivity index (χ2v) is 9.40. The molecule has 10 nitrogen and oxygen atoms in total. The number of hydrogen-bond acceptors (Lipinski definition) is 8. The van der Waals surface area contributed by atoms with Gasteiger partial charge in [0.05, 0.1) is 24.3 Å². The van der Waals surface area contributed by atoms with Crippen molar-refractivity contribution in [3.8, 4) is 0 Å². The van der Waals surface area contributed by atoms with Gasteiger partial charge >= 0.3 is 6.03 Å².